The molecular formula is C14H22N4. The van der Waals surface area contributed by atoms with Gasteiger partial charge in [0.05, 0.1) is 0 Å². The zero-order valence-corrected chi connectivity index (χ0v) is 10.9. The van der Waals surface area contributed by atoms with Gasteiger partial charge in [0, 0.05) is 23.3 Å². The summed E-state index contributed by atoms with van der Waals surface area (Å²) in [6.45, 7) is 0. The van der Waals surface area contributed by atoms with Crippen LogP contribution >= 0.6 is 0 Å². The van der Waals surface area contributed by atoms with Gasteiger partial charge in [0.1, 0.15) is 12.1 Å². The Kier molecular flexibility index (Phi) is 3.46. The van der Waals surface area contributed by atoms with Crippen molar-refractivity contribution in [1.29, 1.82) is 0 Å². The normalized spacial score (nSPS) is 27.6. The number of anilines is 1. The van der Waals surface area contributed by atoms with E-state index in [0.29, 0.717) is 6.04 Å². The molecule has 1 aromatic heterocycles. The number of fused-ring (bicyclic) bond motifs is 1. The number of aromatic nitrogens is 2. The molecule has 1 fully saturated rings. The lowest BCUT2D eigenvalue weighted by Crippen LogP contribution is -2.43. The molecule has 0 aromatic carbocycles. The number of rotatable bonds is 2. The second kappa shape index (κ2) is 5.22. The summed E-state index contributed by atoms with van der Waals surface area (Å²) in [6.07, 6.45) is 11.3. The zero-order chi connectivity index (χ0) is 12.4. The zero-order valence-electron chi connectivity index (χ0n) is 10.9. The maximum absolute atomic E-state index is 6.20. The van der Waals surface area contributed by atoms with Crippen LogP contribution in [0.2, 0.25) is 0 Å². The van der Waals surface area contributed by atoms with Crippen molar-refractivity contribution in [1.82, 2.24) is 9.97 Å². The van der Waals surface area contributed by atoms with E-state index in [-0.39, 0.29) is 6.04 Å². The summed E-state index contributed by atoms with van der Waals surface area (Å²) >= 11 is 0. The second-order valence-corrected chi connectivity index (χ2v) is 5.55. The Balaban J connectivity index is 1.79. The van der Waals surface area contributed by atoms with E-state index in [1.54, 1.807) is 6.33 Å². The van der Waals surface area contributed by atoms with Crippen LogP contribution in [0, 0.1) is 0 Å². The average molecular weight is 246 g/mol. The van der Waals surface area contributed by atoms with Crippen LogP contribution in [0.3, 0.4) is 0 Å². The highest BCUT2D eigenvalue weighted by Crippen LogP contribution is 2.27. The summed E-state index contributed by atoms with van der Waals surface area (Å²) in [6, 6.07) is 0.660. The van der Waals surface area contributed by atoms with Gasteiger partial charge in [-0.3, -0.25) is 0 Å². The summed E-state index contributed by atoms with van der Waals surface area (Å²) in [7, 11) is 0. The molecule has 4 heteroatoms. The highest BCUT2D eigenvalue weighted by molar-refractivity contribution is 5.48. The molecule has 1 heterocycles. The minimum absolute atomic E-state index is 0.271. The van der Waals surface area contributed by atoms with Gasteiger partial charge in [0.25, 0.3) is 0 Å². The van der Waals surface area contributed by atoms with Gasteiger partial charge < -0.3 is 11.1 Å². The van der Waals surface area contributed by atoms with Crippen molar-refractivity contribution in [3.63, 3.8) is 0 Å². The summed E-state index contributed by atoms with van der Waals surface area (Å²) in [4.78, 5) is 8.85. The van der Waals surface area contributed by atoms with Crippen molar-refractivity contribution in [2.24, 2.45) is 5.73 Å². The van der Waals surface area contributed by atoms with E-state index in [2.05, 4.69) is 15.3 Å². The predicted molar refractivity (Wildman–Crippen MR) is 72.5 cm³/mol. The fourth-order valence-electron chi connectivity index (χ4n) is 3.16. The fraction of sp³-hybridized carbons (Fsp3) is 0.714. The minimum Gasteiger partial charge on any atom is -0.365 e. The number of hydrogen-bond acceptors (Lipinski definition) is 4. The van der Waals surface area contributed by atoms with E-state index in [1.165, 1.54) is 43.4 Å². The standard InChI is InChI=1S/C14H22N4/c15-11-6-2-4-8-13(11)18-14-10-5-1-3-7-12(10)16-9-17-14/h9,11,13H,1-8,15H2,(H,16,17,18)/t11-,13-/m1/s1. The Morgan fingerprint density at radius 3 is 2.78 bits per heavy atom. The van der Waals surface area contributed by atoms with Crippen molar-refractivity contribution in [2.45, 2.75) is 63.5 Å². The topological polar surface area (TPSA) is 63.8 Å². The summed E-state index contributed by atoms with van der Waals surface area (Å²) < 4.78 is 0. The third-order valence-electron chi connectivity index (χ3n) is 4.27. The van der Waals surface area contributed by atoms with Crippen LogP contribution in [0.25, 0.3) is 0 Å². The van der Waals surface area contributed by atoms with Crippen LogP contribution in [0.15, 0.2) is 6.33 Å². The Bertz CT molecular complexity index is 418. The van der Waals surface area contributed by atoms with Crippen LogP contribution in [-0.2, 0) is 12.8 Å². The lowest BCUT2D eigenvalue weighted by atomic mass is 9.90. The molecule has 2 aliphatic rings. The van der Waals surface area contributed by atoms with Gasteiger partial charge in [-0.05, 0) is 38.5 Å². The minimum atomic E-state index is 0.271. The van der Waals surface area contributed by atoms with E-state index in [9.17, 15) is 0 Å². The van der Waals surface area contributed by atoms with Gasteiger partial charge >= 0.3 is 0 Å². The Labute approximate surface area is 108 Å². The van der Waals surface area contributed by atoms with Crippen LogP contribution in [0.1, 0.15) is 49.8 Å². The first-order valence-corrected chi connectivity index (χ1v) is 7.19. The molecule has 0 aliphatic heterocycles. The molecule has 1 saturated carbocycles. The molecule has 98 valence electrons. The van der Waals surface area contributed by atoms with Gasteiger partial charge in [-0.2, -0.15) is 0 Å². The monoisotopic (exact) mass is 246 g/mol. The predicted octanol–water partition coefficient (Wildman–Crippen LogP) is 2.04. The molecule has 4 nitrogen and oxygen atoms in total. The molecule has 0 bridgehead atoms. The van der Waals surface area contributed by atoms with E-state index in [1.807, 2.05) is 0 Å². The fourth-order valence-corrected chi connectivity index (χ4v) is 3.16. The highest BCUT2D eigenvalue weighted by Gasteiger charge is 2.24. The van der Waals surface area contributed by atoms with Gasteiger partial charge in [-0.25, -0.2) is 9.97 Å². The highest BCUT2D eigenvalue weighted by atomic mass is 15.1. The Morgan fingerprint density at radius 1 is 1.06 bits per heavy atom. The lowest BCUT2D eigenvalue weighted by Gasteiger charge is -2.31. The van der Waals surface area contributed by atoms with Crippen molar-refractivity contribution < 1.29 is 0 Å². The van der Waals surface area contributed by atoms with E-state index in [4.69, 9.17) is 5.73 Å². The number of aryl methyl sites for hydroxylation is 1. The number of nitrogens with two attached hydrogens (primary N) is 1. The first kappa shape index (κ1) is 11.9. The Hall–Kier alpha value is -1.16. The van der Waals surface area contributed by atoms with Crippen molar-refractivity contribution in [2.75, 3.05) is 5.32 Å². The smallest absolute Gasteiger partial charge is 0.133 e. The molecule has 0 amide bonds. The summed E-state index contributed by atoms with van der Waals surface area (Å²) in [5.41, 5.74) is 8.77. The number of nitrogens with zero attached hydrogens (tertiary/aromatic N) is 2. The van der Waals surface area contributed by atoms with E-state index < -0.39 is 0 Å². The Morgan fingerprint density at radius 2 is 1.89 bits per heavy atom. The molecule has 2 aliphatic carbocycles. The molecule has 3 rings (SSSR count). The molecule has 3 N–H and O–H groups in total. The molecule has 0 unspecified atom stereocenters. The first-order chi connectivity index (χ1) is 8.84. The van der Waals surface area contributed by atoms with Gasteiger partial charge in [0.15, 0.2) is 0 Å². The van der Waals surface area contributed by atoms with E-state index >= 15 is 0 Å². The van der Waals surface area contributed by atoms with Gasteiger partial charge in [0.2, 0.25) is 0 Å². The van der Waals surface area contributed by atoms with Crippen molar-refractivity contribution >= 4 is 5.82 Å². The number of hydrogen-bond donors (Lipinski definition) is 2. The quantitative estimate of drug-likeness (QED) is 0.838. The van der Waals surface area contributed by atoms with E-state index in [0.717, 1.165) is 25.1 Å². The van der Waals surface area contributed by atoms with Crippen LogP contribution < -0.4 is 11.1 Å². The molecular weight excluding hydrogens is 224 g/mol. The molecule has 0 spiro atoms. The largest absolute Gasteiger partial charge is 0.365 e. The van der Waals surface area contributed by atoms with Crippen LogP contribution in [-0.4, -0.2) is 22.1 Å². The molecule has 2 atom stereocenters. The van der Waals surface area contributed by atoms with Crippen LogP contribution in [0.4, 0.5) is 5.82 Å². The van der Waals surface area contributed by atoms with Crippen molar-refractivity contribution in [3.8, 4) is 0 Å². The molecule has 1 aromatic rings. The third kappa shape index (κ3) is 2.34. The molecule has 18 heavy (non-hydrogen) atoms. The maximum atomic E-state index is 6.20. The SMILES string of the molecule is N[C@@H]1CCCC[C@H]1Nc1ncnc2c1CCCC2. The first-order valence-electron chi connectivity index (χ1n) is 7.19. The van der Waals surface area contributed by atoms with Crippen molar-refractivity contribution in [3.05, 3.63) is 17.6 Å². The second-order valence-electron chi connectivity index (χ2n) is 5.55. The third-order valence-corrected chi connectivity index (χ3v) is 4.27. The number of nitrogens with one attached hydrogen (secondary N) is 1. The lowest BCUT2D eigenvalue weighted by molar-refractivity contribution is 0.403. The van der Waals surface area contributed by atoms with Gasteiger partial charge in [-0.15, -0.1) is 0 Å². The average Bonchev–Trinajstić information content (AvgIpc) is 2.42. The maximum Gasteiger partial charge on any atom is 0.133 e. The van der Waals surface area contributed by atoms with Gasteiger partial charge in [-0.1, -0.05) is 12.8 Å². The summed E-state index contributed by atoms with van der Waals surface area (Å²) in [5.74, 6) is 1.04. The van der Waals surface area contributed by atoms with Crippen LogP contribution in [0.5, 0.6) is 0 Å². The molecule has 0 radical (unpaired) electrons. The summed E-state index contributed by atoms with van der Waals surface area (Å²) in [5, 5.41) is 3.58. The molecule has 0 saturated heterocycles.